The summed E-state index contributed by atoms with van der Waals surface area (Å²) in [6.45, 7) is 17.4. The predicted molar refractivity (Wildman–Crippen MR) is 170 cm³/mol. The number of hydrogen-bond acceptors (Lipinski definition) is 3. The van der Waals surface area contributed by atoms with Crippen molar-refractivity contribution in [2.75, 3.05) is 0 Å². The number of ketones is 1. The first-order valence-electron chi connectivity index (χ1n) is 15.8. The molecule has 0 spiro atoms. The van der Waals surface area contributed by atoms with E-state index < -0.39 is 5.41 Å². The van der Waals surface area contributed by atoms with Crippen LogP contribution in [0.4, 0.5) is 0 Å². The number of Topliss-reactive ketones (excluding diaryl/α,β-unsaturated/α-hetero) is 1. The molecule has 0 saturated carbocycles. The zero-order valence-corrected chi connectivity index (χ0v) is 28.8. The summed E-state index contributed by atoms with van der Waals surface area (Å²) in [5.74, 6) is 0.0987. The van der Waals surface area contributed by atoms with E-state index in [0.29, 0.717) is 18.5 Å². The van der Waals surface area contributed by atoms with E-state index in [4.69, 9.17) is 19.9 Å². The van der Waals surface area contributed by atoms with E-state index in [9.17, 15) is 4.79 Å². The smallest absolute Gasteiger partial charge is 0.657 e. The number of hydrogen-bond donors (Lipinski definition) is 0. The fourth-order valence-corrected chi connectivity index (χ4v) is 7.17. The number of rotatable bonds is 8. The summed E-state index contributed by atoms with van der Waals surface area (Å²) in [5, 5.41) is 0. The molecule has 3 aromatic rings. The first-order chi connectivity index (χ1) is 19.8. The Bertz CT molecular complexity index is 1700. The average molecular weight is 744 g/mol. The van der Waals surface area contributed by atoms with E-state index >= 15 is 0 Å². The van der Waals surface area contributed by atoms with Gasteiger partial charge >= 0.3 is 21.1 Å². The molecule has 0 N–H and O–H groups in total. The Labute approximate surface area is 265 Å². The van der Waals surface area contributed by atoms with Gasteiger partial charge in [0.2, 0.25) is 0 Å². The largest absolute Gasteiger partial charge is 2.00 e. The number of carbonyl (C=O) groups is 1. The molecule has 3 aromatic heterocycles. The molecule has 0 unspecified atom stereocenters. The zero-order chi connectivity index (χ0) is 29.5. The summed E-state index contributed by atoms with van der Waals surface area (Å²) in [6, 6.07) is 8.41. The van der Waals surface area contributed by atoms with Crippen molar-refractivity contribution in [1.29, 1.82) is 0 Å². The van der Waals surface area contributed by atoms with Gasteiger partial charge in [0.05, 0.1) is 22.5 Å². The minimum atomic E-state index is -0.644. The fraction of sp³-hybridized carbons (Fsp3) is 0.472. The number of nitrogens with zero attached hydrogens (tertiary/aromatic N) is 4. The van der Waals surface area contributed by atoms with Crippen LogP contribution in [0, 0.1) is 0 Å². The maximum Gasteiger partial charge on any atom is 2.00 e. The quantitative estimate of drug-likeness (QED) is 0.232. The first-order valence-corrected chi connectivity index (χ1v) is 15.8. The second-order valence-corrected chi connectivity index (χ2v) is 11.2. The maximum atomic E-state index is 14.1. The van der Waals surface area contributed by atoms with Crippen LogP contribution >= 0.6 is 0 Å². The average Bonchev–Trinajstić information content (AvgIpc) is 3.67. The third kappa shape index (κ3) is 4.96. The van der Waals surface area contributed by atoms with Crippen molar-refractivity contribution in [1.82, 2.24) is 19.9 Å². The van der Waals surface area contributed by atoms with Gasteiger partial charge in [-0.05, 0) is 68.6 Å². The van der Waals surface area contributed by atoms with E-state index in [1.54, 1.807) is 0 Å². The van der Waals surface area contributed by atoms with Crippen LogP contribution in [-0.2, 0) is 52.2 Å². The van der Waals surface area contributed by atoms with Crippen molar-refractivity contribution in [3.8, 4) is 0 Å². The van der Waals surface area contributed by atoms with Crippen LogP contribution in [0.2, 0.25) is 0 Å². The molecular formula is C36H44N4OPt. The molecule has 0 aromatic carbocycles. The standard InChI is InChI=1S/C36H45N4O.Pt/c1-9-21-22(10-2)28-18-30-25(13-5)26(14-6)32(39-30)20-34-36(15-7,16-8)35(41)33(40-34)19-31-24(12-4)23(11-3)29(38-31)17-27(21)37-28;/h17-20H,9-16H2,1-8H3,(H-,37,38,39,40,41);/q-1;+2/p-1. The zero-order valence-electron chi connectivity index (χ0n) is 26.5. The van der Waals surface area contributed by atoms with Gasteiger partial charge in [-0.25, -0.2) is 9.97 Å². The molecule has 0 atom stereocenters. The fourth-order valence-electron chi connectivity index (χ4n) is 7.17. The van der Waals surface area contributed by atoms with Crippen molar-refractivity contribution in [2.45, 2.75) is 112 Å². The molecule has 8 bridgehead atoms. The van der Waals surface area contributed by atoms with E-state index in [1.165, 1.54) is 33.4 Å². The van der Waals surface area contributed by atoms with Crippen LogP contribution in [0.1, 0.15) is 131 Å². The minimum Gasteiger partial charge on any atom is -0.657 e. The van der Waals surface area contributed by atoms with Crippen LogP contribution in [0.3, 0.4) is 0 Å². The minimum absolute atomic E-state index is 0. The Morgan fingerprint density at radius 2 is 0.929 bits per heavy atom. The number of aryl methyl sites for hydroxylation is 4. The summed E-state index contributed by atoms with van der Waals surface area (Å²) in [6.07, 6.45) is 6.70. The third-order valence-electron chi connectivity index (χ3n) is 9.49. The number of fused-ring (bicyclic) bond motifs is 8. The molecule has 5 rings (SSSR count). The SMILES string of the molecule is CCC1=C(CC)c2cc3[n-]c(cc4nc(cc5[n-]c(cc1n2)c(CC)c5CC)C(=O)C4(CC)CC)c(CC)c3CC.[Pt+2]. The topological polar surface area (TPSA) is 71.1 Å². The Kier molecular flexibility index (Phi) is 9.82. The van der Waals surface area contributed by atoms with Gasteiger partial charge in [0.25, 0.3) is 0 Å². The monoisotopic (exact) mass is 743 g/mol. The van der Waals surface area contributed by atoms with Gasteiger partial charge in [-0.15, -0.1) is 22.1 Å². The van der Waals surface area contributed by atoms with E-state index in [-0.39, 0.29) is 26.8 Å². The van der Waals surface area contributed by atoms with Gasteiger partial charge < -0.3 is 9.97 Å². The molecular weight excluding hydrogens is 700 g/mol. The van der Waals surface area contributed by atoms with Crippen molar-refractivity contribution >= 4 is 39.0 Å². The number of aromatic nitrogens is 4. The predicted octanol–water partition coefficient (Wildman–Crippen LogP) is 8.49. The Hall–Kier alpha value is -2.78. The molecule has 5 heterocycles. The molecule has 5 nitrogen and oxygen atoms in total. The van der Waals surface area contributed by atoms with Gasteiger partial charge in [-0.2, -0.15) is 0 Å². The van der Waals surface area contributed by atoms with Gasteiger partial charge in [0.1, 0.15) is 5.69 Å². The Balaban J connectivity index is 0.00000405. The van der Waals surface area contributed by atoms with Crippen molar-refractivity contribution in [3.63, 3.8) is 0 Å². The molecule has 0 aliphatic carbocycles. The van der Waals surface area contributed by atoms with Crippen LogP contribution in [-0.4, -0.2) is 15.8 Å². The van der Waals surface area contributed by atoms with E-state index in [1.807, 2.05) is 6.07 Å². The number of allylic oxidation sites excluding steroid dienone is 2. The third-order valence-corrected chi connectivity index (χ3v) is 9.49. The molecule has 6 heteroatoms. The van der Waals surface area contributed by atoms with Gasteiger partial charge in [-0.1, -0.05) is 95.8 Å². The summed E-state index contributed by atoms with van der Waals surface area (Å²) in [4.78, 5) is 34.7. The molecule has 0 radical (unpaired) electrons. The summed E-state index contributed by atoms with van der Waals surface area (Å²) >= 11 is 0. The Morgan fingerprint density at radius 3 is 1.29 bits per heavy atom. The van der Waals surface area contributed by atoms with Crippen molar-refractivity contribution < 1.29 is 25.9 Å². The molecule has 0 amide bonds. The van der Waals surface area contributed by atoms with Crippen LogP contribution in [0.5, 0.6) is 0 Å². The molecule has 42 heavy (non-hydrogen) atoms. The van der Waals surface area contributed by atoms with Crippen LogP contribution in [0.25, 0.3) is 33.2 Å². The first kappa shape index (κ1) is 32.1. The second-order valence-electron chi connectivity index (χ2n) is 11.2. The van der Waals surface area contributed by atoms with Crippen molar-refractivity contribution in [2.24, 2.45) is 0 Å². The normalized spacial score (nSPS) is 14.4. The summed E-state index contributed by atoms with van der Waals surface area (Å²) < 4.78 is 0. The molecule has 0 fully saturated rings. The van der Waals surface area contributed by atoms with Gasteiger partial charge in [0.15, 0.2) is 5.78 Å². The second kappa shape index (κ2) is 12.8. The van der Waals surface area contributed by atoms with Gasteiger partial charge in [-0.3, -0.25) is 4.79 Å². The van der Waals surface area contributed by atoms with Crippen LogP contribution in [0.15, 0.2) is 24.3 Å². The van der Waals surface area contributed by atoms with Crippen LogP contribution < -0.4 is 9.97 Å². The molecule has 224 valence electrons. The molecule has 0 saturated heterocycles. The van der Waals surface area contributed by atoms with E-state index in [0.717, 1.165) is 77.7 Å². The molecule has 2 aliphatic heterocycles. The van der Waals surface area contributed by atoms with Crippen molar-refractivity contribution in [3.05, 3.63) is 69.3 Å². The maximum absolute atomic E-state index is 14.1. The molecule has 2 aliphatic rings. The van der Waals surface area contributed by atoms with Gasteiger partial charge in [0, 0.05) is 0 Å². The summed E-state index contributed by atoms with van der Waals surface area (Å²) in [7, 11) is 0. The number of carbonyl (C=O) groups excluding carboxylic acids is 1. The van der Waals surface area contributed by atoms with E-state index in [2.05, 4.69) is 73.6 Å². The summed E-state index contributed by atoms with van der Waals surface area (Å²) in [5.41, 5.74) is 14.0. The Morgan fingerprint density at radius 1 is 0.548 bits per heavy atom.